The third-order valence-electron chi connectivity index (χ3n) is 3.97. The van der Waals surface area contributed by atoms with Crippen molar-refractivity contribution >= 4 is 15.7 Å². The van der Waals surface area contributed by atoms with E-state index >= 15 is 0 Å². The van der Waals surface area contributed by atoms with E-state index in [1.165, 1.54) is 6.42 Å². The van der Waals surface area contributed by atoms with Crippen molar-refractivity contribution in [1.29, 1.82) is 0 Å². The first-order valence-electron chi connectivity index (χ1n) is 7.15. The molecule has 1 rings (SSSR count). The predicted octanol–water partition coefficient (Wildman–Crippen LogP) is 2.14. The number of rotatable bonds is 7. The number of carbonyl (C=O) groups is 1. The number of sulfone groups is 1. The molecule has 0 spiro atoms. The van der Waals surface area contributed by atoms with Crippen LogP contribution in [0.3, 0.4) is 0 Å². The van der Waals surface area contributed by atoms with Crippen molar-refractivity contribution in [3.05, 3.63) is 0 Å². The van der Waals surface area contributed by atoms with Crippen LogP contribution in [0.1, 0.15) is 53.4 Å². The molecular formula is C14H27NO3S. The second kappa shape index (κ2) is 6.25. The lowest BCUT2D eigenvalue weighted by atomic mass is 9.64. The average molecular weight is 289 g/mol. The number of hydrogen-bond donors (Lipinski definition) is 1. The molecule has 1 amide bonds. The Labute approximate surface area is 117 Å². The minimum Gasteiger partial charge on any atom is -0.355 e. The maximum Gasteiger partial charge on any atom is 0.235 e. The van der Waals surface area contributed by atoms with Gasteiger partial charge in [-0.2, -0.15) is 0 Å². The molecule has 19 heavy (non-hydrogen) atoms. The van der Waals surface area contributed by atoms with Gasteiger partial charge in [0.2, 0.25) is 5.91 Å². The normalized spacial score (nSPS) is 18.4. The molecule has 0 aromatic heterocycles. The van der Waals surface area contributed by atoms with Gasteiger partial charge < -0.3 is 5.32 Å². The lowest BCUT2D eigenvalue weighted by Gasteiger charge is -2.43. The lowest BCUT2D eigenvalue weighted by Crippen LogP contribution is -2.44. The van der Waals surface area contributed by atoms with E-state index in [-0.39, 0.29) is 17.1 Å². The summed E-state index contributed by atoms with van der Waals surface area (Å²) in [6.45, 7) is 8.21. The van der Waals surface area contributed by atoms with Gasteiger partial charge in [0.15, 0.2) is 9.84 Å². The van der Waals surface area contributed by atoms with E-state index in [2.05, 4.69) is 19.2 Å². The topological polar surface area (TPSA) is 63.2 Å². The molecule has 0 atom stereocenters. The molecule has 0 aromatic rings. The van der Waals surface area contributed by atoms with Gasteiger partial charge in [-0.05, 0) is 44.4 Å². The van der Waals surface area contributed by atoms with Crippen LogP contribution < -0.4 is 5.32 Å². The van der Waals surface area contributed by atoms with Crippen molar-refractivity contribution in [3.8, 4) is 0 Å². The van der Waals surface area contributed by atoms with Crippen LogP contribution in [0.2, 0.25) is 0 Å². The van der Waals surface area contributed by atoms with Crippen LogP contribution in [0, 0.1) is 11.3 Å². The summed E-state index contributed by atoms with van der Waals surface area (Å²) >= 11 is 0. The van der Waals surface area contributed by atoms with Gasteiger partial charge in [0, 0.05) is 6.54 Å². The Hall–Kier alpha value is -0.580. The molecule has 0 bridgehead atoms. The fraction of sp³-hybridized carbons (Fsp3) is 0.929. The number of nitrogens with one attached hydrogen (secondary N) is 1. The van der Waals surface area contributed by atoms with Gasteiger partial charge in [-0.1, -0.05) is 20.3 Å². The minimum absolute atomic E-state index is 0.214. The maximum atomic E-state index is 11.7. The van der Waals surface area contributed by atoms with Crippen molar-refractivity contribution < 1.29 is 13.2 Å². The molecule has 1 aliphatic rings. The Morgan fingerprint density at radius 3 is 2.16 bits per heavy atom. The zero-order chi connectivity index (χ0) is 14.7. The van der Waals surface area contributed by atoms with Crippen molar-refractivity contribution in [1.82, 2.24) is 5.32 Å². The van der Waals surface area contributed by atoms with Gasteiger partial charge in [0.25, 0.3) is 0 Å². The summed E-state index contributed by atoms with van der Waals surface area (Å²) in [7, 11) is -3.29. The van der Waals surface area contributed by atoms with Crippen molar-refractivity contribution in [3.63, 3.8) is 0 Å². The Balaban J connectivity index is 2.46. The highest BCUT2D eigenvalue weighted by atomic mass is 32.2. The highest BCUT2D eigenvalue weighted by Gasteiger charge is 2.37. The molecule has 0 radical (unpaired) electrons. The van der Waals surface area contributed by atoms with E-state index in [9.17, 15) is 13.2 Å². The van der Waals surface area contributed by atoms with Gasteiger partial charge in [0.05, 0.1) is 5.25 Å². The molecule has 0 heterocycles. The third-order valence-corrected chi connectivity index (χ3v) is 6.07. The summed E-state index contributed by atoms with van der Waals surface area (Å²) in [6, 6.07) is 0. The molecule has 0 saturated heterocycles. The van der Waals surface area contributed by atoms with Crippen molar-refractivity contribution in [2.45, 2.75) is 58.6 Å². The Morgan fingerprint density at radius 1 is 1.21 bits per heavy atom. The predicted molar refractivity (Wildman–Crippen MR) is 77.7 cm³/mol. The number of carbonyl (C=O) groups excluding carboxylic acids is 1. The van der Waals surface area contributed by atoms with Crippen LogP contribution in [0.5, 0.6) is 0 Å². The van der Waals surface area contributed by atoms with Crippen LogP contribution in [0.15, 0.2) is 0 Å². The van der Waals surface area contributed by atoms with E-state index in [0.29, 0.717) is 12.5 Å². The number of hydrogen-bond acceptors (Lipinski definition) is 3. The molecule has 4 nitrogen and oxygen atoms in total. The molecule has 112 valence electrons. The first-order valence-corrected chi connectivity index (χ1v) is 8.87. The van der Waals surface area contributed by atoms with Gasteiger partial charge >= 0.3 is 0 Å². The molecule has 5 heteroatoms. The summed E-state index contributed by atoms with van der Waals surface area (Å²) in [4.78, 5) is 11.7. The molecule has 0 aliphatic heterocycles. The molecule has 1 N–H and O–H groups in total. The monoisotopic (exact) mass is 289 g/mol. The molecular weight excluding hydrogens is 262 g/mol. The highest BCUT2D eigenvalue weighted by Crippen LogP contribution is 2.45. The molecule has 1 saturated carbocycles. The Kier molecular flexibility index (Phi) is 5.42. The minimum atomic E-state index is -3.29. The quantitative estimate of drug-likeness (QED) is 0.781. The summed E-state index contributed by atoms with van der Waals surface area (Å²) < 4.78 is 23.3. The number of amides is 1. The largest absolute Gasteiger partial charge is 0.355 e. The van der Waals surface area contributed by atoms with Gasteiger partial charge in [-0.25, -0.2) is 8.42 Å². The smallest absolute Gasteiger partial charge is 0.235 e. The Bertz CT molecular complexity index is 408. The molecule has 1 fully saturated rings. The second-order valence-electron chi connectivity index (χ2n) is 6.58. The van der Waals surface area contributed by atoms with E-state index < -0.39 is 15.1 Å². The summed E-state index contributed by atoms with van der Waals surface area (Å²) in [6.07, 6.45) is 4.60. The molecule has 0 aromatic carbocycles. The summed E-state index contributed by atoms with van der Waals surface area (Å²) in [5.41, 5.74) is 0.214. The van der Waals surface area contributed by atoms with Gasteiger partial charge in [-0.15, -0.1) is 0 Å². The zero-order valence-corrected chi connectivity index (χ0v) is 13.3. The maximum absolute atomic E-state index is 11.7. The van der Waals surface area contributed by atoms with Crippen LogP contribution >= 0.6 is 0 Å². The first-order chi connectivity index (χ1) is 8.67. The standard InChI is InChI=1S/C14H27NO3S/c1-11(2)8-14(6-5-7-14)10-15-13(16)9-19(17,18)12(3)4/h11-12H,5-10H2,1-4H3,(H,15,16). The SMILES string of the molecule is CC(C)CC1(CNC(=O)CS(=O)(=O)C(C)C)CCC1. The van der Waals surface area contributed by atoms with E-state index in [1.54, 1.807) is 13.8 Å². The van der Waals surface area contributed by atoms with E-state index in [0.717, 1.165) is 19.3 Å². The summed E-state index contributed by atoms with van der Waals surface area (Å²) in [5.74, 6) is -0.136. The molecule has 0 unspecified atom stereocenters. The van der Waals surface area contributed by atoms with Crippen LogP contribution in [-0.4, -0.2) is 31.9 Å². The van der Waals surface area contributed by atoms with Crippen molar-refractivity contribution in [2.24, 2.45) is 11.3 Å². The molecule has 1 aliphatic carbocycles. The van der Waals surface area contributed by atoms with Gasteiger partial charge in [0.1, 0.15) is 5.75 Å². The van der Waals surface area contributed by atoms with Crippen LogP contribution in [0.25, 0.3) is 0 Å². The van der Waals surface area contributed by atoms with Crippen LogP contribution in [0.4, 0.5) is 0 Å². The fourth-order valence-electron chi connectivity index (χ4n) is 2.68. The average Bonchev–Trinajstić information content (AvgIpc) is 2.20. The fourth-order valence-corrected chi connectivity index (χ4v) is 3.48. The third kappa shape index (κ3) is 4.79. The van der Waals surface area contributed by atoms with Crippen LogP contribution in [-0.2, 0) is 14.6 Å². The van der Waals surface area contributed by atoms with E-state index in [1.807, 2.05) is 0 Å². The second-order valence-corrected chi connectivity index (χ2v) is 9.14. The van der Waals surface area contributed by atoms with E-state index in [4.69, 9.17) is 0 Å². The van der Waals surface area contributed by atoms with Crippen molar-refractivity contribution in [2.75, 3.05) is 12.3 Å². The first kappa shape index (κ1) is 16.5. The Morgan fingerprint density at radius 2 is 1.79 bits per heavy atom. The zero-order valence-electron chi connectivity index (χ0n) is 12.5. The lowest BCUT2D eigenvalue weighted by molar-refractivity contribution is -0.119. The summed E-state index contributed by atoms with van der Waals surface area (Å²) in [5, 5.41) is 2.33. The highest BCUT2D eigenvalue weighted by molar-refractivity contribution is 7.92. The van der Waals surface area contributed by atoms with Gasteiger partial charge in [-0.3, -0.25) is 4.79 Å².